The lowest BCUT2D eigenvalue weighted by Crippen LogP contribution is -2.07. The maximum Gasteiger partial charge on any atom is 0.117 e. The van der Waals surface area contributed by atoms with Crippen molar-refractivity contribution in [2.75, 3.05) is 23.4 Å². The fraction of sp³-hybridized carbons (Fsp3) is 0.211. The van der Waals surface area contributed by atoms with E-state index >= 15 is 0 Å². The molecule has 0 saturated carbocycles. The van der Waals surface area contributed by atoms with Crippen molar-refractivity contribution in [3.63, 3.8) is 0 Å². The quantitative estimate of drug-likeness (QED) is 0.371. The summed E-state index contributed by atoms with van der Waals surface area (Å²) in [5.74, 6) is 0. The van der Waals surface area contributed by atoms with Crippen molar-refractivity contribution < 1.29 is 0 Å². The molecule has 23 heavy (non-hydrogen) atoms. The second-order valence-electron chi connectivity index (χ2n) is 5.11. The Hall–Kier alpha value is -1.40. The third-order valence-electron chi connectivity index (χ3n) is 3.14. The smallest absolute Gasteiger partial charge is 0.117 e. The van der Waals surface area contributed by atoms with Crippen molar-refractivity contribution >= 4 is 62.0 Å². The topological polar surface area (TPSA) is 16.1 Å². The van der Waals surface area contributed by atoms with Gasteiger partial charge in [0.2, 0.25) is 0 Å². The monoisotopic (exact) mass is 436 g/mol. The van der Waals surface area contributed by atoms with E-state index in [1.807, 2.05) is 26.2 Å². The Morgan fingerprint density at radius 2 is 1.70 bits per heavy atom. The Morgan fingerprint density at radius 3 is 2.30 bits per heavy atom. The van der Waals surface area contributed by atoms with Gasteiger partial charge in [-0.2, -0.15) is 0 Å². The van der Waals surface area contributed by atoms with E-state index in [-0.39, 0.29) is 0 Å². The van der Waals surface area contributed by atoms with Gasteiger partial charge in [-0.15, -0.1) is 11.3 Å². The summed E-state index contributed by atoms with van der Waals surface area (Å²) in [6.07, 6.45) is 4.19. The lowest BCUT2D eigenvalue weighted by Gasteiger charge is -2.11. The molecule has 0 aliphatic rings. The molecule has 3 aromatic rings. The lowest BCUT2D eigenvalue weighted by atomic mass is 10.2. The van der Waals surface area contributed by atoms with Crippen molar-refractivity contribution in [2.24, 2.45) is 0 Å². The van der Waals surface area contributed by atoms with Crippen LogP contribution in [0.3, 0.4) is 0 Å². The van der Waals surface area contributed by atoms with Gasteiger partial charge < -0.3 is 4.90 Å². The van der Waals surface area contributed by atoms with E-state index in [2.05, 4.69) is 87.9 Å². The van der Waals surface area contributed by atoms with Crippen LogP contribution in [0.25, 0.3) is 22.4 Å². The highest BCUT2D eigenvalue weighted by Gasteiger charge is 1.99. The minimum Gasteiger partial charge on any atom is -0.378 e. The second-order valence-corrected chi connectivity index (χ2v) is 7.69. The Kier molecular flexibility index (Phi) is 7.05. The Balaban J connectivity index is 0.000000595. The minimum atomic E-state index is 1.04. The van der Waals surface area contributed by atoms with Gasteiger partial charge in [0.1, 0.15) is 5.01 Å². The Labute approximate surface area is 156 Å². The molecule has 0 spiro atoms. The molecule has 1 aromatic heterocycles. The van der Waals surface area contributed by atoms with E-state index in [9.17, 15) is 0 Å². The molecule has 0 aliphatic heterocycles. The maximum absolute atomic E-state index is 4.60. The van der Waals surface area contributed by atoms with Crippen LogP contribution in [-0.4, -0.2) is 23.5 Å². The van der Waals surface area contributed by atoms with Crippen molar-refractivity contribution in [3.05, 3.63) is 59.1 Å². The SMILES string of the molecule is CCI.CN(C)c1ccc(C=Cc2nc3ccccc3s2)cc1. The summed E-state index contributed by atoms with van der Waals surface area (Å²) in [7, 11) is 4.10. The predicted molar refractivity (Wildman–Crippen MR) is 114 cm³/mol. The highest BCUT2D eigenvalue weighted by molar-refractivity contribution is 14.1. The summed E-state index contributed by atoms with van der Waals surface area (Å²) in [6, 6.07) is 16.7. The molecule has 3 rings (SSSR count). The number of benzene rings is 2. The van der Waals surface area contributed by atoms with Crippen LogP contribution in [0.15, 0.2) is 48.5 Å². The molecule has 120 valence electrons. The molecule has 0 unspecified atom stereocenters. The van der Waals surface area contributed by atoms with Crippen LogP contribution in [0, 0.1) is 0 Å². The largest absolute Gasteiger partial charge is 0.378 e. The molecule has 1 heterocycles. The molecule has 0 atom stereocenters. The molecule has 2 aromatic carbocycles. The standard InChI is InChI=1S/C17H16N2S.C2H5I/c1-19(2)14-10-7-13(8-11-14)9-12-17-18-15-5-3-4-6-16(15)20-17;1-2-3/h3-12H,1-2H3;2H2,1H3. The summed E-state index contributed by atoms with van der Waals surface area (Å²) >= 11 is 4.01. The van der Waals surface area contributed by atoms with Crippen molar-refractivity contribution in [2.45, 2.75) is 6.92 Å². The molecule has 0 aliphatic carbocycles. The van der Waals surface area contributed by atoms with Gasteiger partial charge in [0.15, 0.2) is 0 Å². The summed E-state index contributed by atoms with van der Waals surface area (Å²) < 4.78 is 2.45. The molecular formula is C19H21IN2S. The van der Waals surface area contributed by atoms with E-state index in [1.165, 1.54) is 20.4 Å². The molecule has 0 N–H and O–H groups in total. The van der Waals surface area contributed by atoms with E-state index in [0.717, 1.165) is 10.5 Å². The first-order valence-corrected chi connectivity index (χ1v) is 9.85. The van der Waals surface area contributed by atoms with Gasteiger partial charge in [0, 0.05) is 19.8 Å². The number of anilines is 1. The van der Waals surface area contributed by atoms with Crippen LogP contribution >= 0.6 is 33.9 Å². The van der Waals surface area contributed by atoms with Crippen molar-refractivity contribution in [1.29, 1.82) is 0 Å². The number of halogens is 1. The number of rotatable bonds is 3. The van der Waals surface area contributed by atoms with E-state index in [0.29, 0.717) is 0 Å². The van der Waals surface area contributed by atoms with Crippen LogP contribution in [0.1, 0.15) is 17.5 Å². The fourth-order valence-corrected chi connectivity index (χ4v) is 2.88. The zero-order valence-corrected chi connectivity index (χ0v) is 16.6. The molecular weight excluding hydrogens is 415 g/mol. The number of hydrogen-bond donors (Lipinski definition) is 0. The van der Waals surface area contributed by atoms with Gasteiger partial charge >= 0.3 is 0 Å². The number of para-hydroxylation sites is 1. The van der Waals surface area contributed by atoms with Gasteiger partial charge in [-0.1, -0.05) is 59.9 Å². The van der Waals surface area contributed by atoms with Crippen LogP contribution in [0.4, 0.5) is 5.69 Å². The van der Waals surface area contributed by atoms with Gasteiger partial charge in [0.25, 0.3) is 0 Å². The van der Waals surface area contributed by atoms with E-state index < -0.39 is 0 Å². The van der Waals surface area contributed by atoms with E-state index in [1.54, 1.807) is 11.3 Å². The average Bonchev–Trinajstić information content (AvgIpc) is 2.97. The van der Waals surface area contributed by atoms with Crippen LogP contribution in [-0.2, 0) is 0 Å². The highest BCUT2D eigenvalue weighted by Crippen LogP contribution is 2.23. The molecule has 0 amide bonds. The number of alkyl halides is 1. The van der Waals surface area contributed by atoms with E-state index in [4.69, 9.17) is 0 Å². The first-order chi connectivity index (χ1) is 11.1. The summed E-state index contributed by atoms with van der Waals surface area (Å²) in [6.45, 7) is 2.11. The summed E-state index contributed by atoms with van der Waals surface area (Å²) in [5, 5.41) is 1.04. The first-order valence-electron chi connectivity index (χ1n) is 7.51. The number of fused-ring (bicyclic) bond motifs is 1. The molecule has 4 heteroatoms. The third-order valence-corrected chi connectivity index (χ3v) is 4.14. The third kappa shape index (κ3) is 5.32. The molecule has 2 nitrogen and oxygen atoms in total. The molecule has 0 bridgehead atoms. The number of aromatic nitrogens is 1. The van der Waals surface area contributed by atoms with Crippen molar-refractivity contribution in [3.8, 4) is 0 Å². The lowest BCUT2D eigenvalue weighted by molar-refractivity contribution is 1.13. The number of hydrogen-bond acceptors (Lipinski definition) is 3. The predicted octanol–water partition coefficient (Wildman–Crippen LogP) is 5.97. The Morgan fingerprint density at radius 1 is 1.04 bits per heavy atom. The normalized spacial score (nSPS) is 10.6. The van der Waals surface area contributed by atoms with Crippen LogP contribution in [0.5, 0.6) is 0 Å². The fourth-order valence-electron chi connectivity index (χ4n) is 2.01. The zero-order valence-electron chi connectivity index (χ0n) is 13.7. The van der Waals surface area contributed by atoms with Gasteiger partial charge in [-0.3, -0.25) is 0 Å². The number of nitrogens with zero attached hydrogens (tertiary/aromatic N) is 2. The second kappa shape index (κ2) is 9.03. The maximum atomic E-state index is 4.60. The van der Waals surface area contributed by atoms with Crippen LogP contribution in [0.2, 0.25) is 0 Å². The minimum absolute atomic E-state index is 1.04. The molecule has 0 fully saturated rings. The van der Waals surface area contributed by atoms with Crippen molar-refractivity contribution in [1.82, 2.24) is 4.98 Å². The Bertz CT molecular complexity index is 727. The first kappa shape index (κ1) is 17.9. The number of thiazole rings is 1. The van der Waals surface area contributed by atoms with Gasteiger partial charge in [-0.05, 0) is 40.3 Å². The highest BCUT2D eigenvalue weighted by atomic mass is 127. The van der Waals surface area contributed by atoms with Gasteiger partial charge in [-0.25, -0.2) is 4.98 Å². The molecule has 0 saturated heterocycles. The summed E-state index contributed by atoms with van der Waals surface area (Å²) in [4.78, 5) is 6.70. The zero-order chi connectivity index (χ0) is 16.7. The average molecular weight is 436 g/mol. The van der Waals surface area contributed by atoms with Gasteiger partial charge in [0.05, 0.1) is 10.2 Å². The van der Waals surface area contributed by atoms with Crippen LogP contribution < -0.4 is 4.90 Å². The summed E-state index contributed by atoms with van der Waals surface area (Å²) in [5.41, 5.74) is 3.47. The molecule has 0 radical (unpaired) electrons.